The molecule has 0 aliphatic heterocycles. The predicted molar refractivity (Wildman–Crippen MR) is 136 cm³/mol. The van der Waals surface area contributed by atoms with Crippen LogP contribution in [0.15, 0.2) is 46.3 Å². The maximum absolute atomic E-state index is 12.5. The predicted octanol–water partition coefficient (Wildman–Crippen LogP) is 6.62. The second kappa shape index (κ2) is 9.38. The number of methoxy groups -OCH3 is 1. The van der Waals surface area contributed by atoms with E-state index in [0.29, 0.717) is 11.9 Å². The van der Waals surface area contributed by atoms with Crippen LogP contribution < -0.4 is 0 Å². The van der Waals surface area contributed by atoms with Crippen LogP contribution in [0, 0.1) is 34.0 Å². The van der Waals surface area contributed by atoms with E-state index in [1.807, 2.05) is 6.92 Å². The Balaban J connectivity index is 0.000000431. The van der Waals surface area contributed by atoms with Crippen molar-refractivity contribution in [1.82, 2.24) is 0 Å². The maximum atomic E-state index is 12.5. The molecule has 0 radical (unpaired) electrons. The van der Waals surface area contributed by atoms with Gasteiger partial charge in [-0.05, 0) is 91.3 Å². The zero-order chi connectivity index (χ0) is 25.6. The standard InChI is InChI=1S/C27H36O2.C3H6O3/c1-16-8-10-25(3)12-13-27(5)19(21(25)14-16)9-11-26(4)20-15-22(28)24(29)17(2)18(20)6-7-23(26)27;1-5-3-6-2-4/h6-7,15-16,19,21,29H,8-14H2,1-5H3;2H,3H2,1H3. The molecule has 6 atom stereocenters. The molecule has 35 heavy (non-hydrogen) atoms. The highest BCUT2D eigenvalue weighted by atomic mass is 16.7. The molecule has 5 aliphatic rings. The quantitative estimate of drug-likeness (QED) is 0.278. The van der Waals surface area contributed by atoms with E-state index in [4.69, 9.17) is 0 Å². The molecule has 0 saturated heterocycles. The Morgan fingerprint density at radius 3 is 2.49 bits per heavy atom. The summed E-state index contributed by atoms with van der Waals surface area (Å²) in [6.07, 6.45) is 15.5. The van der Waals surface area contributed by atoms with E-state index in [1.54, 1.807) is 11.6 Å². The average molecular weight is 483 g/mol. The normalized spacial score (nSPS) is 39.9. The summed E-state index contributed by atoms with van der Waals surface area (Å²) in [4.78, 5) is 21.7. The van der Waals surface area contributed by atoms with Crippen LogP contribution in [0.5, 0.6) is 0 Å². The number of carbonyl (C=O) groups excluding carboxylic acids is 2. The van der Waals surface area contributed by atoms with Crippen LogP contribution in [0.25, 0.3) is 0 Å². The van der Waals surface area contributed by atoms with Gasteiger partial charge in [0.05, 0.1) is 0 Å². The summed E-state index contributed by atoms with van der Waals surface area (Å²) in [5.41, 5.74) is 5.18. The first kappa shape index (κ1) is 25.9. The fourth-order valence-corrected chi connectivity index (χ4v) is 8.18. The van der Waals surface area contributed by atoms with Crippen molar-refractivity contribution in [3.8, 4) is 0 Å². The molecule has 5 nitrogen and oxygen atoms in total. The summed E-state index contributed by atoms with van der Waals surface area (Å²) in [5.74, 6) is 2.13. The molecule has 0 aromatic rings. The van der Waals surface area contributed by atoms with Crippen LogP contribution in [0.3, 0.4) is 0 Å². The SMILES string of the molecule is CC1=C(O)C(=O)C=C2C1=CC=C1C2(C)CCC2C3CC(C)CCC3(C)CCC12C.COCOC=O. The highest BCUT2D eigenvalue weighted by Crippen LogP contribution is 2.69. The van der Waals surface area contributed by atoms with E-state index in [1.165, 1.54) is 45.6 Å². The van der Waals surface area contributed by atoms with Gasteiger partial charge in [0, 0.05) is 18.1 Å². The smallest absolute Gasteiger partial charge is 0.295 e. The van der Waals surface area contributed by atoms with Crippen LogP contribution in [0.4, 0.5) is 0 Å². The number of hydrogen-bond donors (Lipinski definition) is 1. The fraction of sp³-hybridized carbons (Fsp3) is 0.667. The Morgan fingerprint density at radius 1 is 1.09 bits per heavy atom. The molecular formula is C30H42O5. The van der Waals surface area contributed by atoms with Crippen LogP contribution in [-0.2, 0) is 19.1 Å². The third-order valence-corrected chi connectivity index (χ3v) is 10.3. The number of rotatable bonds is 3. The van der Waals surface area contributed by atoms with Crippen molar-refractivity contribution >= 4 is 12.3 Å². The minimum atomic E-state index is -0.221. The number of ketones is 1. The van der Waals surface area contributed by atoms with Crippen molar-refractivity contribution < 1.29 is 24.2 Å². The maximum Gasteiger partial charge on any atom is 0.295 e. The molecule has 5 heteroatoms. The van der Waals surface area contributed by atoms with Gasteiger partial charge in [0.1, 0.15) is 0 Å². The summed E-state index contributed by atoms with van der Waals surface area (Å²) < 4.78 is 8.41. The third-order valence-electron chi connectivity index (χ3n) is 10.3. The molecule has 0 aromatic heterocycles. The van der Waals surface area contributed by atoms with Gasteiger partial charge in [-0.25, -0.2) is 0 Å². The lowest BCUT2D eigenvalue weighted by molar-refractivity contribution is -0.138. The van der Waals surface area contributed by atoms with Crippen LogP contribution in [0.2, 0.25) is 0 Å². The minimum absolute atomic E-state index is 0.0451. The Hall–Kier alpha value is -2.14. The van der Waals surface area contributed by atoms with Gasteiger partial charge in [-0.2, -0.15) is 0 Å². The molecule has 5 rings (SSSR count). The first-order valence-corrected chi connectivity index (χ1v) is 13.2. The van der Waals surface area contributed by atoms with E-state index < -0.39 is 0 Å². The molecular weight excluding hydrogens is 440 g/mol. The summed E-state index contributed by atoms with van der Waals surface area (Å²) in [6, 6.07) is 0. The number of allylic oxidation sites excluding steroid dienone is 7. The van der Waals surface area contributed by atoms with Gasteiger partial charge in [-0.1, -0.05) is 51.8 Å². The molecule has 0 bridgehead atoms. The zero-order valence-electron chi connectivity index (χ0n) is 22.3. The topological polar surface area (TPSA) is 72.8 Å². The Bertz CT molecular complexity index is 1020. The van der Waals surface area contributed by atoms with Gasteiger partial charge >= 0.3 is 0 Å². The van der Waals surface area contributed by atoms with Gasteiger partial charge < -0.3 is 14.6 Å². The van der Waals surface area contributed by atoms with Crippen molar-refractivity contribution in [2.75, 3.05) is 13.9 Å². The lowest BCUT2D eigenvalue weighted by Crippen LogP contribution is -2.55. The van der Waals surface area contributed by atoms with Gasteiger partial charge in [0.25, 0.3) is 6.47 Å². The number of fused-ring (bicyclic) bond motifs is 7. The largest absolute Gasteiger partial charge is 0.504 e. The molecule has 192 valence electrons. The lowest BCUT2D eigenvalue weighted by atomic mass is 9.40. The molecule has 0 spiro atoms. The van der Waals surface area contributed by atoms with Gasteiger partial charge in [0.15, 0.2) is 12.6 Å². The molecule has 5 aliphatic carbocycles. The Labute approximate surface area is 210 Å². The van der Waals surface area contributed by atoms with E-state index in [9.17, 15) is 14.7 Å². The van der Waals surface area contributed by atoms with Gasteiger partial charge in [0.2, 0.25) is 5.78 Å². The fourth-order valence-electron chi connectivity index (χ4n) is 8.18. The average Bonchev–Trinajstić information content (AvgIpc) is 2.83. The van der Waals surface area contributed by atoms with Crippen molar-refractivity contribution in [2.24, 2.45) is 34.0 Å². The number of carbonyl (C=O) groups is 2. The van der Waals surface area contributed by atoms with Crippen molar-refractivity contribution in [1.29, 1.82) is 0 Å². The molecule has 0 aromatic carbocycles. The summed E-state index contributed by atoms with van der Waals surface area (Å²) in [6.45, 7) is 12.2. The lowest BCUT2D eigenvalue weighted by Gasteiger charge is -2.64. The minimum Gasteiger partial charge on any atom is -0.504 e. The second-order valence-corrected chi connectivity index (χ2v) is 12.3. The third kappa shape index (κ3) is 4.14. The summed E-state index contributed by atoms with van der Waals surface area (Å²) in [5, 5.41) is 10.2. The van der Waals surface area contributed by atoms with Gasteiger partial charge in [-0.15, -0.1) is 0 Å². The molecule has 0 amide bonds. The first-order valence-electron chi connectivity index (χ1n) is 13.2. The van der Waals surface area contributed by atoms with Crippen LogP contribution >= 0.6 is 0 Å². The highest BCUT2D eigenvalue weighted by Gasteiger charge is 2.60. The summed E-state index contributed by atoms with van der Waals surface area (Å²) in [7, 11) is 1.45. The molecule has 3 fully saturated rings. The Morgan fingerprint density at radius 2 is 1.83 bits per heavy atom. The summed E-state index contributed by atoms with van der Waals surface area (Å²) >= 11 is 0. The molecule has 0 heterocycles. The van der Waals surface area contributed by atoms with E-state index in [-0.39, 0.29) is 29.2 Å². The van der Waals surface area contributed by atoms with E-state index in [2.05, 4.69) is 49.3 Å². The van der Waals surface area contributed by atoms with Gasteiger partial charge in [-0.3, -0.25) is 9.59 Å². The number of aliphatic hydroxyl groups excluding tert-OH is 1. The first-order chi connectivity index (χ1) is 16.5. The Kier molecular flexibility index (Phi) is 6.95. The van der Waals surface area contributed by atoms with Crippen LogP contribution in [-0.4, -0.2) is 31.3 Å². The number of aliphatic hydroxyl groups is 1. The molecule has 6 unspecified atom stereocenters. The number of hydrogen-bond acceptors (Lipinski definition) is 5. The van der Waals surface area contributed by atoms with Crippen molar-refractivity contribution in [3.63, 3.8) is 0 Å². The van der Waals surface area contributed by atoms with Crippen molar-refractivity contribution in [2.45, 2.75) is 79.6 Å². The molecule has 1 N–H and O–H groups in total. The number of ether oxygens (including phenoxy) is 2. The van der Waals surface area contributed by atoms with Crippen LogP contribution in [0.1, 0.15) is 79.6 Å². The van der Waals surface area contributed by atoms with Crippen molar-refractivity contribution in [3.05, 3.63) is 46.3 Å². The monoisotopic (exact) mass is 482 g/mol. The highest BCUT2D eigenvalue weighted by molar-refractivity contribution is 6.06. The second-order valence-electron chi connectivity index (χ2n) is 12.3. The zero-order valence-corrected chi connectivity index (χ0v) is 22.3. The van der Waals surface area contributed by atoms with E-state index in [0.717, 1.165) is 40.9 Å². The molecule has 3 saturated carbocycles. The van der Waals surface area contributed by atoms with E-state index >= 15 is 0 Å².